The van der Waals surface area contributed by atoms with Crippen molar-refractivity contribution in [1.29, 1.82) is 0 Å². The molecule has 146 valence electrons. The van der Waals surface area contributed by atoms with Crippen LogP contribution in [0, 0.1) is 6.92 Å². The highest BCUT2D eigenvalue weighted by Gasteiger charge is 2.21. The molecule has 0 unspecified atom stereocenters. The molecule has 1 fully saturated rings. The molecule has 0 spiro atoms. The van der Waals surface area contributed by atoms with Gasteiger partial charge in [-0.3, -0.25) is 4.79 Å². The maximum atomic E-state index is 12.8. The zero-order chi connectivity index (χ0) is 19.8. The Balaban J connectivity index is 1.72. The van der Waals surface area contributed by atoms with Crippen LogP contribution in [0.25, 0.3) is 22.3 Å². The van der Waals surface area contributed by atoms with Crippen LogP contribution in [-0.2, 0) is 0 Å². The number of aryl methyl sites for hydroxylation is 1. The Bertz CT molecular complexity index is 1060. The predicted molar refractivity (Wildman–Crippen MR) is 113 cm³/mol. The molecule has 1 aromatic heterocycles. The number of ether oxygens (including phenoxy) is 1. The van der Waals surface area contributed by atoms with E-state index >= 15 is 0 Å². The summed E-state index contributed by atoms with van der Waals surface area (Å²) in [6, 6.07) is 14.1. The van der Waals surface area contributed by atoms with Crippen molar-refractivity contribution in [2.24, 2.45) is 0 Å². The van der Waals surface area contributed by atoms with Crippen LogP contribution >= 0.6 is 0 Å². The average Bonchev–Trinajstić information content (AvgIpc) is 2.67. The average molecular weight is 378 g/mol. The molecule has 1 N–H and O–H groups in total. The lowest BCUT2D eigenvalue weighted by Gasteiger charge is -2.37. The van der Waals surface area contributed by atoms with Gasteiger partial charge in [0.25, 0.3) is 0 Å². The minimum atomic E-state index is -0.0252. The summed E-state index contributed by atoms with van der Waals surface area (Å²) in [7, 11) is 1.65. The van der Waals surface area contributed by atoms with Gasteiger partial charge in [-0.05, 0) is 62.7 Å². The number of fused-ring (bicyclic) bond motifs is 1. The maximum absolute atomic E-state index is 12.8. The molecule has 5 heteroatoms. The van der Waals surface area contributed by atoms with E-state index in [4.69, 9.17) is 9.15 Å². The Morgan fingerprint density at radius 3 is 2.50 bits per heavy atom. The van der Waals surface area contributed by atoms with E-state index in [1.165, 1.54) is 0 Å². The lowest BCUT2D eigenvalue weighted by molar-refractivity contribution is 0.407. The first-order valence-electron chi connectivity index (χ1n) is 9.68. The summed E-state index contributed by atoms with van der Waals surface area (Å²) in [6.07, 6.45) is 0. The van der Waals surface area contributed by atoms with Gasteiger partial charge < -0.3 is 19.4 Å². The van der Waals surface area contributed by atoms with E-state index in [1.54, 1.807) is 13.2 Å². The highest BCUT2D eigenvalue weighted by molar-refractivity contribution is 5.82. The number of hydrogen-bond donors (Lipinski definition) is 1. The Morgan fingerprint density at radius 1 is 1.07 bits per heavy atom. The SMILES string of the molecule is COc1ccc(-c2cc(=O)c3cc(N4C[C@@H](C)N[C@@H](C)C4)ccc3o2)cc1C. The van der Waals surface area contributed by atoms with Gasteiger partial charge in [0.15, 0.2) is 5.43 Å². The number of nitrogens with one attached hydrogen (secondary N) is 1. The number of methoxy groups -OCH3 is 1. The minimum Gasteiger partial charge on any atom is -0.496 e. The molecular weight excluding hydrogens is 352 g/mol. The van der Waals surface area contributed by atoms with Gasteiger partial charge in [0.1, 0.15) is 17.1 Å². The molecule has 3 aromatic rings. The van der Waals surface area contributed by atoms with Gasteiger partial charge in [0, 0.05) is 42.5 Å². The van der Waals surface area contributed by atoms with Crippen LogP contribution in [-0.4, -0.2) is 32.3 Å². The zero-order valence-electron chi connectivity index (χ0n) is 16.8. The first-order chi connectivity index (χ1) is 13.4. The van der Waals surface area contributed by atoms with Gasteiger partial charge in [-0.25, -0.2) is 0 Å². The van der Waals surface area contributed by atoms with Crippen LogP contribution in [0.1, 0.15) is 19.4 Å². The summed E-state index contributed by atoms with van der Waals surface area (Å²) in [5.74, 6) is 1.39. The molecule has 28 heavy (non-hydrogen) atoms. The Kier molecular flexibility index (Phi) is 4.85. The largest absolute Gasteiger partial charge is 0.496 e. The summed E-state index contributed by atoms with van der Waals surface area (Å²) in [4.78, 5) is 15.2. The number of benzene rings is 2. The topological polar surface area (TPSA) is 54.7 Å². The summed E-state index contributed by atoms with van der Waals surface area (Å²) in [5.41, 5.74) is 3.51. The molecule has 1 aliphatic heterocycles. The standard InChI is InChI=1S/C23H26N2O3/c1-14-9-17(5-7-21(14)27-4)23-11-20(26)19-10-18(6-8-22(19)28-23)25-12-15(2)24-16(3)13-25/h5-11,15-16,24H,12-13H2,1-4H3/t15-,16+. The summed E-state index contributed by atoms with van der Waals surface area (Å²) >= 11 is 0. The van der Waals surface area contributed by atoms with E-state index < -0.39 is 0 Å². The van der Waals surface area contributed by atoms with Gasteiger partial charge in [0.2, 0.25) is 0 Å². The molecule has 5 nitrogen and oxygen atoms in total. The fraction of sp³-hybridized carbons (Fsp3) is 0.348. The summed E-state index contributed by atoms with van der Waals surface area (Å²) < 4.78 is 11.4. The maximum Gasteiger partial charge on any atom is 0.193 e. The highest BCUT2D eigenvalue weighted by atomic mass is 16.5. The molecule has 2 atom stereocenters. The third kappa shape index (κ3) is 3.50. The van der Waals surface area contributed by atoms with Crippen LogP contribution in [0.4, 0.5) is 5.69 Å². The lowest BCUT2D eigenvalue weighted by Crippen LogP contribution is -2.54. The molecular formula is C23H26N2O3. The van der Waals surface area contributed by atoms with Crippen molar-refractivity contribution in [3.05, 3.63) is 58.3 Å². The van der Waals surface area contributed by atoms with E-state index in [2.05, 4.69) is 24.1 Å². The molecule has 2 aromatic carbocycles. The van der Waals surface area contributed by atoms with Crippen molar-refractivity contribution in [2.45, 2.75) is 32.9 Å². The second kappa shape index (κ2) is 7.32. The van der Waals surface area contributed by atoms with Crippen molar-refractivity contribution in [3.8, 4) is 17.1 Å². The van der Waals surface area contributed by atoms with Gasteiger partial charge in [-0.2, -0.15) is 0 Å². The third-order valence-corrected chi connectivity index (χ3v) is 5.31. The number of piperazine rings is 1. The van der Waals surface area contributed by atoms with Crippen molar-refractivity contribution >= 4 is 16.7 Å². The number of nitrogens with zero attached hydrogens (tertiary/aromatic N) is 1. The molecule has 0 bridgehead atoms. The highest BCUT2D eigenvalue weighted by Crippen LogP contribution is 2.29. The smallest absolute Gasteiger partial charge is 0.193 e. The van der Waals surface area contributed by atoms with E-state index in [0.29, 0.717) is 28.8 Å². The van der Waals surface area contributed by atoms with E-state index in [-0.39, 0.29) is 5.43 Å². The minimum absolute atomic E-state index is 0.0252. The normalized spacial score (nSPS) is 19.8. The van der Waals surface area contributed by atoms with Gasteiger partial charge >= 0.3 is 0 Å². The van der Waals surface area contributed by atoms with Crippen molar-refractivity contribution < 1.29 is 9.15 Å². The summed E-state index contributed by atoms with van der Waals surface area (Å²) in [5, 5.41) is 4.15. The summed E-state index contributed by atoms with van der Waals surface area (Å²) in [6.45, 7) is 8.18. The molecule has 4 rings (SSSR count). The van der Waals surface area contributed by atoms with Crippen LogP contribution in [0.2, 0.25) is 0 Å². The molecule has 0 amide bonds. The second-order valence-electron chi connectivity index (χ2n) is 7.71. The Hall–Kier alpha value is -2.79. The van der Waals surface area contributed by atoms with E-state index in [1.807, 2.05) is 43.3 Å². The molecule has 1 aliphatic rings. The second-order valence-corrected chi connectivity index (χ2v) is 7.71. The van der Waals surface area contributed by atoms with Crippen molar-refractivity contribution in [2.75, 3.05) is 25.1 Å². The van der Waals surface area contributed by atoms with Crippen LogP contribution < -0.4 is 20.4 Å². The Morgan fingerprint density at radius 2 is 1.82 bits per heavy atom. The lowest BCUT2D eigenvalue weighted by atomic mass is 10.1. The monoisotopic (exact) mass is 378 g/mol. The van der Waals surface area contributed by atoms with Gasteiger partial charge in [0.05, 0.1) is 12.5 Å². The van der Waals surface area contributed by atoms with Crippen LogP contribution in [0.3, 0.4) is 0 Å². The number of hydrogen-bond acceptors (Lipinski definition) is 5. The van der Waals surface area contributed by atoms with Gasteiger partial charge in [-0.1, -0.05) is 0 Å². The van der Waals surface area contributed by atoms with E-state index in [9.17, 15) is 4.79 Å². The fourth-order valence-electron chi connectivity index (χ4n) is 4.05. The Labute approximate surface area is 164 Å². The molecule has 1 saturated heterocycles. The van der Waals surface area contributed by atoms with Gasteiger partial charge in [-0.15, -0.1) is 0 Å². The van der Waals surface area contributed by atoms with Crippen LogP contribution in [0.5, 0.6) is 5.75 Å². The first-order valence-corrected chi connectivity index (χ1v) is 9.68. The quantitative estimate of drug-likeness (QED) is 0.748. The van der Waals surface area contributed by atoms with Crippen LogP contribution in [0.15, 0.2) is 51.7 Å². The number of anilines is 1. The molecule has 0 saturated carbocycles. The van der Waals surface area contributed by atoms with Crippen molar-refractivity contribution in [1.82, 2.24) is 5.32 Å². The first kappa shape index (κ1) is 18.6. The zero-order valence-corrected chi connectivity index (χ0v) is 16.8. The van der Waals surface area contributed by atoms with Crippen molar-refractivity contribution in [3.63, 3.8) is 0 Å². The molecule has 0 radical (unpaired) electrons. The third-order valence-electron chi connectivity index (χ3n) is 5.31. The fourth-order valence-corrected chi connectivity index (χ4v) is 4.05. The molecule has 0 aliphatic carbocycles. The van der Waals surface area contributed by atoms with E-state index in [0.717, 1.165) is 35.7 Å². The number of rotatable bonds is 3. The molecule has 2 heterocycles. The predicted octanol–water partition coefficient (Wildman–Crippen LogP) is 3.96.